The molecule has 0 atom stereocenters. The van der Waals surface area contributed by atoms with Gasteiger partial charge in [-0.3, -0.25) is 4.79 Å². The van der Waals surface area contributed by atoms with Gasteiger partial charge < -0.3 is 4.74 Å². The molecule has 0 saturated heterocycles. The quantitative estimate of drug-likeness (QED) is 0.209. The van der Waals surface area contributed by atoms with E-state index in [1.165, 1.54) is 0 Å². The molecule has 0 unspecified atom stereocenters. The molecule has 0 radical (unpaired) electrons. The van der Waals surface area contributed by atoms with Crippen LogP contribution in [0.2, 0.25) is 0 Å². The van der Waals surface area contributed by atoms with Gasteiger partial charge in [-0.2, -0.15) is 0 Å². The van der Waals surface area contributed by atoms with Crippen LogP contribution in [0.1, 0.15) is 10.4 Å². The monoisotopic (exact) mass is 527 g/mol. The van der Waals surface area contributed by atoms with Crippen LogP contribution < -0.4 is 20.7 Å². The Hall–Kier alpha value is -4.73. The lowest BCUT2D eigenvalue weighted by Gasteiger charge is -2.32. The minimum atomic E-state index is -2.80. The number of carbonyl (C=O) groups excluding carboxylic acids is 1. The predicted octanol–water partition coefficient (Wildman–Crippen LogP) is 5.29. The molecular formula is C33H26N3O2P. The molecule has 6 aromatic rings. The molecule has 5 aromatic carbocycles. The Labute approximate surface area is 227 Å². The molecule has 0 aliphatic carbocycles. The van der Waals surface area contributed by atoms with Gasteiger partial charge in [0.05, 0.1) is 12.6 Å². The number of hydrogen-bond acceptors (Lipinski definition) is 4. The fourth-order valence-electron chi connectivity index (χ4n) is 5.06. The lowest BCUT2D eigenvalue weighted by Crippen LogP contribution is -2.37. The third-order valence-electron chi connectivity index (χ3n) is 6.86. The minimum absolute atomic E-state index is 0.113. The summed E-state index contributed by atoms with van der Waals surface area (Å²) in [5.74, 6) is 0.577. The fourth-order valence-corrected chi connectivity index (χ4v) is 9.41. The Balaban J connectivity index is 1.86. The van der Waals surface area contributed by atoms with Gasteiger partial charge in [-0.25, -0.2) is 4.68 Å². The molecule has 1 aromatic heterocycles. The van der Waals surface area contributed by atoms with Crippen molar-refractivity contribution in [1.82, 2.24) is 15.0 Å². The van der Waals surface area contributed by atoms with Crippen molar-refractivity contribution in [3.05, 3.63) is 145 Å². The van der Waals surface area contributed by atoms with E-state index in [0.29, 0.717) is 16.7 Å². The molecule has 190 valence electrons. The van der Waals surface area contributed by atoms with E-state index in [-0.39, 0.29) is 5.78 Å². The number of benzene rings is 5. The molecule has 6 rings (SSSR count). The SMILES string of the molecule is COc1ccc(C(=O)C(n2nnc3ccccc32)=P(c2ccccc2)(c2ccccc2)c2ccccc2)cc1. The third kappa shape index (κ3) is 4.27. The van der Waals surface area contributed by atoms with Crippen LogP contribution in [0.25, 0.3) is 11.0 Å². The Bertz CT molecular complexity index is 1690. The van der Waals surface area contributed by atoms with Crippen molar-refractivity contribution in [2.45, 2.75) is 0 Å². The number of Topliss-reactive ketones (excluding diaryl/α,β-unsaturated/α-hetero) is 1. The number of ketones is 1. The van der Waals surface area contributed by atoms with E-state index in [0.717, 1.165) is 26.9 Å². The molecule has 0 bridgehead atoms. The summed E-state index contributed by atoms with van der Waals surface area (Å²) in [4.78, 5) is 14.9. The number of carbonyl (C=O) groups is 1. The summed E-state index contributed by atoms with van der Waals surface area (Å²) in [5.41, 5.74) is 2.63. The van der Waals surface area contributed by atoms with Crippen molar-refractivity contribution in [2.75, 3.05) is 7.11 Å². The van der Waals surface area contributed by atoms with Gasteiger partial charge in [0.2, 0.25) is 5.78 Å². The number of rotatable bonds is 7. The maximum atomic E-state index is 14.9. The second-order valence-electron chi connectivity index (χ2n) is 9.05. The Morgan fingerprint density at radius 2 is 1.13 bits per heavy atom. The smallest absolute Gasteiger partial charge is 0.212 e. The van der Waals surface area contributed by atoms with Gasteiger partial charge in [-0.1, -0.05) is 108 Å². The highest BCUT2D eigenvalue weighted by Crippen LogP contribution is 2.47. The van der Waals surface area contributed by atoms with Gasteiger partial charge in [0, 0.05) is 12.4 Å². The summed E-state index contributed by atoms with van der Waals surface area (Å²) >= 11 is 0. The van der Waals surface area contributed by atoms with Crippen LogP contribution in [0.3, 0.4) is 0 Å². The molecule has 0 spiro atoms. The van der Waals surface area contributed by atoms with Crippen LogP contribution in [0.5, 0.6) is 5.75 Å². The molecule has 0 aliphatic heterocycles. The molecule has 0 amide bonds. The van der Waals surface area contributed by atoms with Crippen LogP contribution in [0.15, 0.2) is 140 Å². The van der Waals surface area contributed by atoms with E-state index >= 15 is 0 Å². The van der Waals surface area contributed by atoms with E-state index < -0.39 is 6.89 Å². The van der Waals surface area contributed by atoms with Crippen LogP contribution >= 0.6 is 6.89 Å². The highest BCUT2D eigenvalue weighted by Gasteiger charge is 2.36. The average Bonchev–Trinajstić information content (AvgIpc) is 3.44. The summed E-state index contributed by atoms with van der Waals surface area (Å²) in [6.45, 7) is -2.80. The number of ether oxygens (including phenoxy) is 1. The highest BCUT2D eigenvalue weighted by atomic mass is 31.2. The van der Waals surface area contributed by atoms with Gasteiger partial charge >= 0.3 is 0 Å². The normalized spacial score (nSPS) is 11.3. The number of para-hydroxylation sites is 1. The Kier molecular flexibility index (Phi) is 6.66. The first-order valence-corrected chi connectivity index (χ1v) is 14.5. The van der Waals surface area contributed by atoms with Crippen molar-refractivity contribution in [1.29, 1.82) is 0 Å². The number of hydrogen-bond donors (Lipinski definition) is 0. The van der Waals surface area contributed by atoms with Crippen molar-refractivity contribution < 1.29 is 9.53 Å². The van der Waals surface area contributed by atoms with E-state index in [1.54, 1.807) is 11.8 Å². The van der Waals surface area contributed by atoms with Crippen LogP contribution in [-0.4, -0.2) is 33.3 Å². The first-order chi connectivity index (χ1) is 19.2. The van der Waals surface area contributed by atoms with Crippen LogP contribution in [0, 0.1) is 0 Å². The van der Waals surface area contributed by atoms with Crippen molar-refractivity contribution in [3.8, 4) is 5.75 Å². The summed E-state index contributed by atoms with van der Waals surface area (Å²) in [7, 11) is 1.62. The molecule has 0 aliphatic rings. The summed E-state index contributed by atoms with van der Waals surface area (Å²) in [6.07, 6.45) is 0. The second kappa shape index (κ2) is 10.6. The van der Waals surface area contributed by atoms with Crippen molar-refractivity contribution >= 4 is 45.0 Å². The zero-order valence-electron chi connectivity index (χ0n) is 21.4. The summed E-state index contributed by atoms with van der Waals surface area (Å²) < 4.78 is 7.14. The van der Waals surface area contributed by atoms with E-state index in [2.05, 4.69) is 46.7 Å². The van der Waals surface area contributed by atoms with E-state index in [1.807, 2.05) is 103 Å². The number of methoxy groups -OCH3 is 1. The fraction of sp³-hybridized carbons (Fsp3) is 0.0303. The molecule has 1 heterocycles. The third-order valence-corrected chi connectivity index (χ3v) is 11.1. The molecule has 0 fully saturated rings. The predicted molar refractivity (Wildman–Crippen MR) is 160 cm³/mol. The lowest BCUT2D eigenvalue weighted by atomic mass is 10.1. The summed E-state index contributed by atoms with van der Waals surface area (Å²) in [6, 6.07) is 46.0. The largest absolute Gasteiger partial charge is 0.497 e. The zero-order chi connectivity index (χ0) is 26.7. The maximum absolute atomic E-state index is 14.9. The lowest BCUT2D eigenvalue weighted by molar-refractivity contribution is 0.106. The van der Waals surface area contributed by atoms with Gasteiger partial charge in [-0.05, 0) is 52.3 Å². The molecule has 0 N–H and O–H groups in total. The van der Waals surface area contributed by atoms with Gasteiger partial charge in [-0.15, -0.1) is 5.10 Å². The first kappa shape index (κ1) is 24.6. The molecule has 6 heteroatoms. The Morgan fingerprint density at radius 1 is 0.641 bits per heavy atom. The van der Waals surface area contributed by atoms with Gasteiger partial charge in [0.25, 0.3) is 0 Å². The summed E-state index contributed by atoms with van der Waals surface area (Å²) in [5, 5.41) is 12.3. The van der Waals surface area contributed by atoms with Crippen molar-refractivity contribution in [3.63, 3.8) is 0 Å². The zero-order valence-corrected chi connectivity index (χ0v) is 22.3. The highest BCUT2D eigenvalue weighted by molar-refractivity contribution is 7.96. The van der Waals surface area contributed by atoms with E-state index in [9.17, 15) is 4.79 Å². The topological polar surface area (TPSA) is 57.0 Å². The first-order valence-electron chi connectivity index (χ1n) is 12.7. The number of aromatic nitrogens is 3. The number of nitrogens with zero attached hydrogens (tertiary/aromatic N) is 3. The minimum Gasteiger partial charge on any atom is -0.497 e. The molecule has 5 nitrogen and oxygen atoms in total. The Morgan fingerprint density at radius 3 is 1.64 bits per heavy atom. The molecular weight excluding hydrogens is 501 g/mol. The average molecular weight is 528 g/mol. The maximum Gasteiger partial charge on any atom is 0.212 e. The molecule has 39 heavy (non-hydrogen) atoms. The second-order valence-corrected chi connectivity index (χ2v) is 12.4. The standard InChI is InChI=1S/C33H26N3O2P/c1-38-26-23-21-25(22-24-26)32(37)33(36-31-20-12-11-19-30(31)34-35-36)39(27-13-5-2-6-14-27,28-15-7-3-8-16-28)29-17-9-4-10-18-29/h2-24H,1H3. The van der Waals surface area contributed by atoms with Gasteiger partial charge in [0.1, 0.15) is 16.7 Å². The number of fused-ring (bicyclic) bond motifs is 1. The van der Waals surface area contributed by atoms with Gasteiger partial charge in [0.15, 0.2) is 0 Å². The van der Waals surface area contributed by atoms with E-state index in [4.69, 9.17) is 4.74 Å². The van der Waals surface area contributed by atoms with Crippen LogP contribution in [-0.2, 0) is 0 Å². The molecule has 0 saturated carbocycles. The van der Waals surface area contributed by atoms with Crippen molar-refractivity contribution in [2.24, 2.45) is 0 Å². The van der Waals surface area contributed by atoms with Crippen LogP contribution in [0.4, 0.5) is 0 Å².